The van der Waals surface area contributed by atoms with E-state index < -0.39 is 0 Å². The predicted octanol–water partition coefficient (Wildman–Crippen LogP) is 1.93. The quantitative estimate of drug-likeness (QED) is 0.456. The fourth-order valence-electron chi connectivity index (χ4n) is 2.06. The average Bonchev–Trinajstić information content (AvgIpc) is 2.93. The minimum Gasteiger partial charge on any atom is -0.311 e. The Hall–Kier alpha value is -2.28. The molecule has 2 aromatic rings. The monoisotopic (exact) mass is 289 g/mol. The second kappa shape index (κ2) is 7.49. The molecule has 0 unspecified atom stereocenters. The molecule has 0 fully saturated rings. The molecule has 7 heteroatoms. The van der Waals surface area contributed by atoms with E-state index in [1.165, 1.54) is 6.07 Å². The van der Waals surface area contributed by atoms with E-state index in [-0.39, 0.29) is 10.6 Å². The smallest absolute Gasteiger partial charge is 0.272 e. The fourth-order valence-corrected chi connectivity index (χ4v) is 2.06. The van der Waals surface area contributed by atoms with E-state index in [2.05, 4.69) is 22.6 Å². The standard InChI is InChI=1S/C14H19N5O2/c1-2-8-15-10-13-11-18(17-16-13)9-7-12-5-3-4-6-14(12)19(20)21/h3-6,11,15H,2,7-10H2,1H3. The molecular weight excluding hydrogens is 270 g/mol. The van der Waals surface area contributed by atoms with Gasteiger partial charge in [0.15, 0.2) is 0 Å². The molecular formula is C14H19N5O2. The van der Waals surface area contributed by atoms with Crippen LogP contribution in [0.5, 0.6) is 0 Å². The first kappa shape index (κ1) is 15.1. The number of para-hydroxylation sites is 1. The van der Waals surface area contributed by atoms with Crippen molar-refractivity contribution in [3.05, 3.63) is 51.8 Å². The largest absolute Gasteiger partial charge is 0.311 e. The van der Waals surface area contributed by atoms with Gasteiger partial charge in [-0.3, -0.25) is 14.8 Å². The van der Waals surface area contributed by atoms with Gasteiger partial charge in [-0.2, -0.15) is 0 Å². The molecule has 0 aliphatic rings. The van der Waals surface area contributed by atoms with Crippen molar-refractivity contribution in [2.24, 2.45) is 0 Å². The summed E-state index contributed by atoms with van der Waals surface area (Å²) in [5.41, 5.74) is 1.75. The molecule has 1 aromatic carbocycles. The average molecular weight is 289 g/mol. The lowest BCUT2D eigenvalue weighted by Crippen LogP contribution is -2.13. The first-order chi connectivity index (χ1) is 10.2. The van der Waals surface area contributed by atoms with Gasteiger partial charge in [0.2, 0.25) is 0 Å². The Morgan fingerprint density at radius 1 is 1.38 bits per heavy atom. The first-order valence-electron chi connectivity index (χ1n) is 7.02. The van der Waals surface area contributed by atoms with Gasteiger partial charge in [-0.1, -0.05) is 30.3 Å². The molecule has 0 aliphatic heterocycles. The topological polar surface area (TPSA) is 85.9 Å². The van der Waals surface area contributed by atoms with Gasteiger partial charge in [-0.15, -0.1) is 5.10 Å². The molecule has 21 heavy (non-hydrogen) atoms. The van der Waals surface area contributed by atoms with Crippen LogP contribution in [-0.2, 0) is 19.5 Å². The van der Waals surface area contributed by atoms with Crippen LogP contribution in [-0.4, -0.2) is 26.5 Å². The van der Waals surface area contributed by atoms with Crippen molar-refractivity contribution in [3.8, 4) is 0 Å². The lowest BCUT2D eigenvalue weighted by atomic mass is 10.1. The van der Waals surface area contributed by atoms with Crippen molar-refractivity contribution in [1.82, 2.24) is 20.3 Å². The lowest BCUT2D eigenvalue weighted by Gasteiger charge is -2.02. The maximum Gasteiger partial charge on any atom is 0.272 e. The second-order valence-corrected chi connectivity index (χ2v) is 4.79. The Morgan fingerprint density at radius 3 is 2.95 bits per heavy atom. The molecule has 0 amide bonds. The van der Waals surface area contributed by atoms with Crippen molar-refractivity contribution in [2.75, 3.05) is 6.54 Å². The van der Waals surface area contributed by atoms with Gasteiger partial charge in [0.1, 0.15) is 0 Å². The van der Waals surface area contributed by atoms with Crippen LogP contribution in [0.4, 0.5) is 5.69 Å². The Labute approximate surface area is 123 Å². The molecule has 0 saturated carbocycles. The minimum absolute atomic E-state index is 0.155. The van der Waals surface area contributed by atoms with Crippen molar-refractivity contribution >= 4 is 5.69 Å². The van der Waals surface area contributed by atoms with Gasteiger partial charge in [-0.25, -0.2) is 0 Å². The maximum absolute atomic E-state index is 10.9. The predicted molar refractivity (Wildman–Crippen MR) is 78.8 cm³/mol. The molecule has 2 rings (SSSR count). The van der Waals surface area contributed by atoms with Gasteiger partial charge >= 0.3 is 0 Å². The number of nitro groups is 1. The number of benzene rings is 1. The highest BCUT2D eigenvalue weighted by Crippen LogP contribution is 2.18. The van der Waals surface area contributed by atoms with Gasteiger partial charge in [-0.05, 0) is 19.4 Å². The summed E-state index contributed by atoms with van der Waals surface area (Å²) in [4.78, 5) is 10.6. The third kappa shape index (κ3) is 4.35. The van der Waals surface area contributed by atoms with Crippen molar-refractivity contribution in [2.45, 2.75) is 32.9 Å². The molecule has 0 bridgehead atoms. The van der Waals surface area contributed by atoms with E-state index in [1.807, 2.05) is 12.3 Å². The van der Waals surface area contributed by atoms with E-state index in [0.29, 0.717) is 25.1 Å². The van der Waals surface area contributed by atoms with Gasteiger partial charge < -0.3 is 5.32 Å². The molecule has 0 aliphatic carbocycles. The number of rotatable bonds is 8. The molecule has 0 atom stereocenters. The Balaban J connectivity index is 1.93. The van der Waals surface area contributed by atoms with Crippen LogP contribution in [0.25, 0.3) is 0 Å². The molecule has 0 radical (unpaired) electrons. The van der Waals surface area contributed by atoms with Crippen LogP contribution in [0.3, 0.4) is 0 Å². The highest BCUT2D eigenvalue weighted by atomic mass is 16.6. The Morgan fingerprint density at radius 2 is 2.19 bits per heavy atom. The summed E-state index contributed by atoms with van der Waals surface area (Å²) in [6, 6.07) is 6.79. The summed E-state index contributed by atoms with van der Waals surface area (Å²) >= 11 is 0. The first-order valence-corrected chi connectivity index (χ1v) is 7.02. The lowest BCUT2D eigenvalue weighted by molar-refractivity contribution is -0.385. The van der Waals surface area contributed by atoms with Crippen LogP contribution in [0.2, 0.25) is 0 Å². The zero-order valence-corrected chi connectivity index (χ0v) is 12.0. The van der Waals surface area contributed by atoms with Crippen LogP contribution >= 0.6 is 0 Å². The summed E-state index contributed by atoms with van der Waals surface area (Å²) < 4.78 is 1.72. The number of nitrogens with one attached hydrogen (secondary N) is 1. The van der Waals surface area contributed by atoms with E-state index in [9.17, 15) is 10.1 Å². The summed E-state index contributed by atoms with van der Waals surface area (Å²) in [7, 11) is 0. The van der Waals surface area contributed by atoms with Gasteiger partial charge in [0.05, 0.1) is 10.6 Å². The third-order valence-electron chi connectivity index (χ3n) is 3.12. The third-order valence-corrected chi connectivity index (χ3v) is 3.12. The number of hydrogen-bond acceptors (Lipinski definition) is 5. The number of hydrogen-bond donors (Lipinski definition) is 1. The number of aryl methyl sites for hydroxylation is 2. The normalized spacial score (nSPS) is 10.7. The Kier molecular flexibility index (Phi) is 5.39. The van der Waals surface area contributed by atoms with Crippen molar-refractivity contribution in [1.29, 1.82) is 0 Å². The summed E-state index contributed by atoms with van der Waals surface area (Å²) in [6.07, 6.45) is 3.51. The molecule has 112 valence electrons. The molecule has 1 N–H and O–H groups in total. The molecule has 1 aromatic heterocycles. The fraction of sp³-hybridized carbons (Fsp3) is 0.429. The van der Waals surface area contributed by atoms with Crippen LogP contribution in [0, 0.1) is 10.1 Å². The number of aromatic nitrogens is 3. The maximum atomic E-state index is 10.9. The van der Waals surface area contributed by atoms with Crippen molar-refractivity contribution < 1.29 is 4.92 Å². The zero-order chi connectivity index (χ0) is 15.1. The minimum atomic E-state index is -0.350. The van der Waals surface area contributed by atoms with Gasteiger partial charge in [0, 0.05) is 30.9 Å². The highest BCUT2D eigenvalue weighted by Gasteiger charge is 2.12. The SMILES string of the molecule is CCCNCc1cn(CCc2ccccc2[N+](=O)[O-])nn1. The molecule has 0 spiro atoms. The molecule has 7 nitrogen and oxygen atoms in total. The highest BCUT2D eigenvalue weighted by molar-refractivity contribution is 5.39. The van der Waals surface area contributed by atoms with Crippen LogP contribution < -0.4 is 5.32 Å². The summed E-state index contributed by atoms with van der Waals surface area (Å²) in [5, 5.41) is 22.3. The molecule has 0 saturated heterocycles. The van der Waals surface area contributed by atoms with E-state index in [0.717, 1.165) is 18.7 Å². The zero-order valence-electron chi connectivity index (χ0n) is 12.0. The van der Waals surface area contributed by atoms with Crippen LogP contribution in [0.1, 0.15) is 24.6 Å². The van der Waals surface area contributed by atoms with E-state index in [1.54, 1.807) is 16.8 Å². The summed E-state index contributed by atoms with van der Waals surface area (Å²) in [6.45, 7) is 4.32. The number of nitrogens with zero attached hydrogens (tertiary/aromatic N) is 4. The van der Waals surface area contributed by atoms with Gasteiger partial charge in [0.25, 0.3) is 5.69 Å². The second-order valence-electron chi connectivity index (χ2n) is 4.79. The number of nitro benzene ring substituents is 1. The van der Waals surface area contributed by atoms with E-state index >= 15 is 0 Å². The molecule has 1 heterocycles. The van der Waals surface area contributed by atoms with Crippen LogP contribution in [0.15, 0.2) is 30.5 Å². The summed E-state index contributed by atoms with van der Waals surface area (Å²) in [5.74, 6) is 0. The van der Waals surface area contributed by atoms with E-state index in [4.69, 9.17) is 0 Å². The Bertz CT molecular complexity index is 597. The van der Waals surface area contributed by atoms with Crippen molar-refractivity contribution in [3.63, 3.8) is 0 Å².